The number of aliphatic hydroxyl groups is 1. The lowest BCUT2D eigenvalue weighted by atomic mass is 10.1. The number of nitrogens with one attached hydrogen (secondary N) is 1. The number of hydrogen-bond donors (Lipinski definition) is 2. The van der Waals surface area contributed by atoms with E-state index in [2.05, 4.69) is 24.4 Å². The molecule has 0 fully saturated rings. The van der Waals surface area contributed by atoms with Crippen molar-refractivity contribution in [3.63, 3.8) is 0 Å². The van der Waals surface area contributed by atoms with Gasteiger partial charge in [-0.3, -0.25) is 0 Å². The second-order valence-electron chi connectivity index (χ2n) is 3.52. The first-order chi connectivity index (χ1) is 6.83. The van der Waals surface area contributed by atoms with Gasteiger partial charge < -0.3 is 15.2 Å². The molecule has 0 saturated heterocycles. The van der Waals surface area contributed by atoms with Crippen molar-refractivity contribution in [3.05, 3.63) is 23.8 Å². The number of ether oxygens (including phenoxy) is 1. The van der Waals surface area contributed by atoms with Gasteiger partial charge in [-0.05, 0) is 24.1 Å². The van der Waals surface area contributed by atoms with E-state index in [1.807, 2.05) is 6.07 Å². The Bertz CT molecular complexity index is 325. The number of hydrogen-bond acceptors (Lipinski definition) is 3. The number of benzene rings is 1. The van der Waals surface area contributed by atoms with Crippen molar-refractivity contribution < 1.29 is 9.84 Å². The van der Waals surface area contributed by atoms with Crippen molar-refractivity contribution in [2.75, 3.05) is 18.5 Å². The minimum Gasteiger partial charge on any atom is -0.489 e. The first kappa shape index (κ1) is 9.34. The maximum Gasteiger partial charge on any atom is 0.142 e. The van der Waals surface area contributed by atoms with Crippen molar-refractivity contribution in [1.29, 1.82) is 0 Å². The highest BCUT2D eigenvalue weighted by atomic mass is 16.5. The predicted molar refractivity (Wildman–Crippen MR) is 55.8 cm³/mol. The molecule has 1 aromatic rings. The van der Waals surface area contributed by atoms with Gasteiger partial charge in [0.2, 0.25) is 0 Å². The van der Waals surface area contributed by atoms with Crippen LogP contribution in [0, 0.1) is 0 Å². The fourth-order valence-electron chi connectivity index (χ4n) is 1.59. The summed E-state index contributed by atoms with van der Waals surface area (Å²) in [6.07, 6.45) is 1.01. The van der Waals surface area contributed by atoms with Crippen molar-refractivity contribution in [3.8, 4) is 5.75 Å². The summed E-state index contributed by atoms with van der Waals surface area (Å²) in [4.78, 5) is 0. The van der Waals surface area contributed by atoms with Crippen LogP contribution in [0.15, 0.2) is 18.2 Å². The van der Waals surface area contributed by atoms with Gasteiger partial charge in [-0.15, -0.1) is 0 Å². The lowest BCUT2D eigenvalue weighted by Crippen LogP contribution is -2.34. The number of aryl methyl sites for hydroxylation is 1. The molecule has 1 unspecified atom stereocenters. The van der Waals surface area contributed by atoms with Crippen LogP contribution in [0.5, 0.6) is 5.75 Å². The molecule has 0 amide bonds. The van der Waals surface area contributed by atoms with Gasteiger partial charge in [0.15, 0.2) is 0 Å². The molecule has 0 aliphatic carbocycles. The minimum absolute atomic E-state index is 0.0228. The van der Waals surface area contributed by atoms with Gasteiger partial charge >= 0.3 is 0 Å². The van der Waals surface area contributed by atoms with Crippen molar-refractivity contribution >= 4 is 5.69 Å². The van der Waals surface area contributed by atoms with Crippen molar-refractivity contribution in [2.24, 2.45) is 0 Å². The quantitative estimate of drug-likeness (QED) is 0.746. The molecule has 2 rings (SSSR count). The number of rotatable bonds is 2. The van der Waals surface area contributed by atoms with Gasteiger partial charge in [0.25, 0.3) is 0 Å². The minimum atomic E-state index is 0.0228. The molecule has 3 heteroatoms. The zero-order valence-electron chi connectivity index (χ0n) is 8.29. The molecule has 1 atom stereocenters. The van der Waals surface area contributed by atoms with E-state index in [1.165, 1.54) is 5.56 Å². The average molecular weight is 193 g/mol. The third-order valence-electron chi connectivity index (χ3n) is 2.47. The number of anilines is 1. The van der Waals surface area contributed by atoms with Crippen LogP contribution in [0.3, 0.4) is 0 Å². The molecular formula is C11H15NO2. The largest absolute Gasteiger partial charge is 0.489 e. The smallest absolute Gasteiger partial charge is 0.142 e. The summed E-state index contributed by atoms with van der Waals surface area (Å²) in [5.41, 5.74) is 2.27. The summed E-state index contributed by atoms with van der Waals surface area (Å²) in [5.74, 6) is 0.881. The molecule has 1 heterocycles. The summed E-state index contributed by atoms with van der Waals surface area (Å²) >= 11 is 0. The third kappa shape index (κ3) is 1.68. The summed E-state index contributed by atoms with van der Waals surface area (Å²) in [6, 6.07) is 6.15. The fourth-order valence-corrected chi connectivity index (χ4v) is 1.59. The molecule has 0 spiro atoms. The van der Waals surface area contributed by atoms with E-state index in [4.69, 9.17) is 9.84 Å². The maximum atomic E-state index is 9.00. The van der Waals surface area contributed by atoms with Gasteiger partial charge in [0.1, 0.15) is 12.4 Å². The van der Waals surface area contributed by atoms with E-state index in [0.717, 1.165) is 17.9 Å². The molecule has 0 saturated carbocycles. The number of aliphatic hydroxyl groups excluding tert-OH is 1. The Kier molecular flexibility index (Phi) is 2.59. The van der Waals surface area contributed by atoms with Crippen LogP contribution in [0.25, 0.3) is 0 Å². The molecule has 3 nitrogen and oxygen atoms in total. The van der Waals surface area contributed by atoms with Gasteiger partial charge in [-0.25, -0.2) is 0 Å². The molecule has 1 aromatic carbocycles. The van der Waals surface area contributed by atoms with Gasteiger partial charge in [-0.2, -0.15) is 0 Å². The second kappa shape index (κ2) is 3.88. The molecule has 76 valence electrons. The van der Waals surface area contributed by atoms with Crippen LogP contribution < -0.4 is 10.1 Å². The Morgan fingerprint density at radius 1 is 1.57 bits per heavy atom. The summed E-state index contributed by atoms with van der Waals surface area (Å²) in [7, 11) is 0. The van der Waals surface area contributed by atoms with Crippen LogP contribution in [0.1, 0.15) is 12.5 Å². The van der Waals surface area contributed by atoms with Crippen LogP contribution in [-0.2, 0) is 6.42 Å². The highest BCUT2D eigenvalue weighted by Gasteiger charge is 2.17. The number of fused-ring (bicyclic) bond motifs is 1. The molecule has 0 aromatic heterocycles. The van der Waals surface area contributed by atoms with Crippen LogP contribution >= 0.6 is 0 Å². The Labute approximate surface area is 83.7 Å². The first-order valence-corrected chi connectivity index (χ1v) is 4.96. The second-order valence-corrected chi connectivity index (χ2v) is 3.52. The van der Waals surface area contributed by atoms with Gasteiger partial charge in [0, 0.05) is 0 Å². The van der Waals surface area contributed by atoms with E-state index < -0.39 is 0 Å². The monoisotopic (exact) mass is 193 g/mol. The van der Waals surface area contributed by atoms with E-state index in [-0.39, 0.29) is 12.6 Å². The van der Waals surface area contributed by atoms with Crippen molar-refractivity contribution in [2.45, 2.75) is 19.4 Å². The predicted octanol–water partition coefficient (Wildman–Crippen LogP) is 1.41. The zero-order chi connectivity index (χ0) is 9.97. The summed E-state index contributed by atoms with van der Waals surface area (Å²) in [6.45, 7) is 2.76. The molecule has 0 bridgehead atoms. The SMILES string of the molecule is CCc1ccc2c(c1)NC(CO)CO2. The van der Waals surface area contributed by atoms with Crippen LogP contribution in [0.4, 0.5) is 5.69 Å². The summed E-state index contributed by atoms with van der Waals surface area (Å²) < 4.78 is 5.50. The molecular weight excluding hydrogens is 178 g/mol. The Hall–Kier alpha value is -1.22. The molecule has 14 heavy (non-hydrogen) atoms. The van der Waals surface area contributed by atoms with E-state index in [0.29, 0.717) is 6.61 Å². The van der Waals surface area contributed by atoms with Crippen molar-refractivity contribution in [1.82, 2.24) is 0 Å². The lowest BCUT2D eigenvalue weighted by Gasteiger charge is -2.26. The van der Waals surface area contributed by atoms with E-state index in [1.54, 1.807) is 0 Å². The van der Waals surface area contributed by atoms with E-state index in [9.17, 15) is 0 Å². The standard InChI is InChI=1S/C11H15NO2/c1-2-8-3-4-11-10(5-8)12-9(6-13)7-14-11/h3-5,9,12-13H,2,6-7H2,1H3. The van der Waals surface area contributed by atoms with Gasteiger partial charge in [0.05, 0.1) is 18.3 Å². The Balaban J connectivity index is 2.25. The van der Waals surface area contributed by atoms with Crippen LogP contribution in [0.2, 0.25) is 0 Å². The highest BCUT2D eigenvalue weighted by molar-refractivity contribution is 5.60. The molecule has 1 aliphatic heterocycles. The lowest BCUT2D eigenvalue weighted by molar-refractivity contribution is 0.207. The third-order valence-corrected chi connectivity index (χ3v) is 2.47. The summed E-state index contributed by atoms with van der Waals surface area (Å²) in [5, 5.41) is 12.2. The Morgan fingerprint density at radius 3 is 3.14 bits per heavy atom. The van der Waals surface area contributed by atoms with E-state index >= 15 is 0 Å². The normalized spacial score (nSPS) is 19.4. The van der Waals surface area contributed by atoms with Gasteiger partial charge in [-0.1, -0.05) is 13.0 Å². The fraction of sp³-hybridized carbons (Fsp3) is 0.455. The molecule has 1 aliphatic rings. The maximum absolute atomic E-state index is 9.00. The van der Waals surface area contributed by atoms with Crippen LogP contribution in [-0.4, -0.2) is 24.4 Å². The average Bonchev–Trinajstić information content (AvgIpc) is 2.27. The zero-order valence-corrected chi connectivity index (χ0v) is 8.29. The Morgan fingerprint density at radius 2 is 2.43 bits per heavy atom. The topological polar surface area (TPSA) is 41.5 Å². The molecule has 2 N–H and O–H groups in total. The highest BCUT2D eigenvalue weighted by Crippen LogP contribution is 2.29. The molecule has 0 radical (unpaired) electrons. The first-order valence-electron chi connectivity index (χ1n) is 4.96.